The van der Waals surface area contributed by atoms with E-state index in [9.17, 15) is 0 Å². The van der Waals surface area contributed by atoms with Crippen LogP contribution in [0.1, 0.15) is 16.7 Å². The van der Waals surface area contributed by atoms with Crippen LogP contribution in [-0.2, 0) is 6.54 Å². The molecule has 0 radical (unpaired) electrons. The molecule has 23 heavy (non-hydrogen) atoms. The Morgan fingerprint density at radius 1 is 0.826 bits per heavy atom. The van der Waals surface area contributed by atoms with Gasteiger partial charge in [0.05, 0.1) is 0 Å². The highest BCUT2D eigenvalue weighted by Gasteiger charge is 2.05. The normalized spacial score (nSPS) is 11.2. The molecule has 0 unspecified atom stereocenters. The molecule has 114 valence electrons. The van der Waals surface area contributed by atoms with Gasteiger partial charge in [0.1, 0.15) is 0 Å². The van der Waals surface area contributed by atoms with Gasteiger partial charge < -0.3 is 5.32 Å². The molecule has 0 aliphatic heterocycles. The van der Waals surface area contributed by atoms with E-state index < -0.39 is 0 Å². The van der Waals surface area contributed by atoms with Crippen molar-refractivity contribution in [3.05, 3.63) is 77.4 Å². The Hall–Kier alpha value is -2.32. The SMILES string of the molecule is Cc1ccc(C)c(CNc2ccc3sc4ccccc4c3c2)c1. The van der Waals surface area contributed by atoms with Gasteiger partial charge in [0.25, 0.3) is 0 Å². The lowest BCUT2D eigenvalue weighted by Crippen LogP contribution is -2.01. The zero-order valence-corrected chi connectivity index (χ0v) is 14.2. The number of benzene rings is 3. The summed E-state index contributed by atoms with van der Waals surface area (Å²) in [5.41, 5.74) is 5.19. The minimum absolute atomic E-state index is 0.862. The van der Waals surface area contributed by atoms with E-state index in [1.807, 2.05) is 11.3 Å². The minimum Gasteiger partial charge on any atom is -0.381 e. The maximum Gasteiger partial charge on any atom is 0.0403 e. The molecule has 0 saturated heterocycles. The summed E-state index contributed by atoms with van der Waals surface area (Å²) in [4.78, 5) is 0. The molecular formula is C21H19NS. The Morgan fingerprint density at radius 2 is 1.65 bits per heavy atom. The fourth-order valence-corrected chi connectivity index (χ4v) is 4.11. The molecule has 3 aromatic carbocycles. The van der Waals surface area contributed by atoms with Gasteiger partial charge in [-0.25, -0.2) is 0 Å². The minimum atomic E-state index is 0.862. The first-order valence-electron chi connectivity index (χ1n) is 7.92. The topological polar surface area (TPSA) is 12.0 Å². The van der Waals surface area contributed by atoms with E-state index in [0.717, 1.165) is 6.54 Å². The number of rotatable bonds is 3. The Balaban J connectivity index is 1.66. The molecule has 1 heterocycles. The molecule has 0 aliphatic rings. The van der Waals surface area contributed by atoms with Gasteiger partial charge in [-0.15, -0.1) is 11.3 Å². The highest BCUT2D eigenvalue weighted by Crippen LogP contribution is 2.35. The summed E-state index contributed by atoms with van der Waals surface area (Å²) in [5, 5.41) is 6.27. The van der Waals surface area contributed by atoms with Crippen LogP contribution in [-0.4, -0.2) is 0 Å². The number of anilines is 1. The van der Waals surface area contributed by atoms with Gasteiger partial charge in [0.2, 0.25) is 0 Å². The Labute approximate surface area is 140 Å². The van der Waals surface area contributed by atoms with Gasteiger partial charge in [-0.05, 0) is 49.2 Å². The second-order valence-electron chi connectivity index (χ2n) is 6.09. The van der Waals surface area contributed by atoms with Crippen LogP contribution in [0.15, 0.2) is 60.7 Å². The quantitative estimate of drug-likeness (QED) is 0.468. The summed E-state index contributed by atoms with van der Waals surface area (Å²) in [6.07, 6.45) is 0. The third kappa shape index (κ3) is 2.71. The zero-order valence-electron chi connectivity index (χ0n) is 13.4. The fourth-order valence-electron chi connectivity index (χ4n) is 3.02. The van der Waals surface area contributed by atoms with Crippen molar-refractivity contribution in [3.63, 3.8) is 0 Å². The third-order valence-corrected chi connectivity index (χ3v) is 5.52. The van der Waals surface area contributed by atoms with Crippen molar-refractivity contribution in [3.8, 4) is 0 Å². The van der Waals surface area contributed by atoms with Crippen molar-refractivity contribution in [1.82, 2.24) is 0 Å². The van der Waals surface area contributed by atoms with Crippen LogP contribution >= 0.6 is 11.3 Å². The zero-order chi connectivity index (χ0) is 15.8. The summed E-state index contributed by atoms with van der Waals surface area (Å²) in [7, 11) is 0. The van der Waals surface area contributed by atoms with Crippen LogP contribution in [0.2, 0.25) is 0 Å². The largest absolute Gasteiger partial charge is 0.381 e. The highest BCUT2D eigenvalue weighted by molar-refractivity contribution is 7.25. The number of thiophene rings is 1. The molecule has 1 aromatic heterocycles. The number of nitrogens with one attached hydrogen (secondary N) is 1. The maximum absolute atomic E-state index is 3.58. The molecule has 1 nitrogen and oxygen atoms in total. The van der Waals surface area contributed by atoms with Gasteiger partial charge in [-0.1, -0.05) is 42.0 Å². The van der Waals surface area contributed by atoms with Crippen molar-refractivity contribution in [2.45, 2.75) is 20.4 Å². The van der Waals surface area contributed by atoms with Crippen molar-refractivity contribution < 1.29 is 0 Å². The molecule has 0 spiro atoms. The monoisotopic (exact) mass is 317 g/mol. The highest BCUT2D eigenvalue weighted by atomic mass is 32.1. The van der Waals surface area contributed by atoms with Crippen LogP contribution in [0.4, 0.5) is 5.69 Å². The third-order valence-electron chi connectivity index (χ3n) is 4.36. The van der Waals surface area contributed by atoms with Crippen molar-refractivity contribution in [2.75, 3.05) is 5.32 Å². The first-order valence-corrected chi connectivity index (χ1v) is 8.74. The Bertz CT molecular complexity index is 997. The van der Waals surface area contributed by atoms with E-state index in [1.54, 1.807) is 0 Å². The van der Waals surface area contributed by atoms with Crippen LogP contribution in [0, 0.1) is 13.8 Å². The molecule has 4 rings (SSSR count). The first-order chi connectivity index (χ1) is 11.2. The van der Waals surface area contributed by atoms with Gasteiger partial charge in [0, 0.05) is 32.4 Å². The standard InChI is InChI=1S/C21H19NS/c1-14-7-8-15(2)16(11-14)13-22-17-9-10-21-19(12-17)18-5-3-4-6-20(18)23-21/h3-12,22H,13H2,1-2H3. The van der Waals surface area contributed by atoms with Gasteiger partial charge in [0.15, 0.2) is 0 Å². The lowest BCUT2D eigenvalue weighted by molar-refractivity contribution is 1.11. The fraction of sp³-hybridized carbons (Fsp3) is 0.143. The summed E-state index contributed by atoms with van der Waals surface area (Å²) in [5.74, 6) is 0. The summed E-state index contributed by atoms with van der Waals surface area (Å²) < 4.78 is 2.71. The average Bonchev–Trinajstić information content (AvgIpc) is 2.94. The molecule has 2 heteroatoms. The molecule has 4 aromatic rings. The molecule has 0 bridgehead atoms. The Morgan fingerprint density at radius 3 is 2.57 bits per heavy atom. The molecule has 0 aliphatic carbocycles. The molecule has 0 amide bonds. The predicted molar refractivity (Wildman–Crippen MR) is 103 cm³/mol. The lowest BCUT2D eigenvalue weighted by Gasteiger charge is -2.10. The summed E-state index contributed by atoms with van der Waals surface area (Å²) in [6.45, 7) is 5.18. The van der Waals surface area contributed by atoms with Crippen LogP contribution in [0.3, 0.4) is 0 Å². The van der Waals surface area contributed by atoms with Crippen LogP contribution < -0.4 is 5.32 Å². The molecule has 1 N–H and O–H groups in total. The van der Waals surface area contributed by atoms with Crippen LogP contribution in [0.5, 0.6) is 0 Å². The number of fused-ring (bicyclic) bond motifs is 3. The van der Waals surface area contributed by atoms with Crippen molar-refractivity contribution >= 4 is 37.2 Å². The van der Waals surface area contributed by atoms with E-state index in [2.05, 4.69) is 79.8 Å². The van der Waals surface area contributed by atoms with E-state index >= 15 is 0 Å². The summed E-state index contributed by atoms with van der Waals surface area (Å²) >= 11 is 1.86. The number of hydrogen-bond acceptors (Lipinski definition) is 2. The van der Waals surface area contributed by atoms with E-state index in [-0.39, 0.29) is 0 Å². The first kappa shape index (κ1) is 14.3. The van der Waals surface area contributed by atoms with Gasteiger partial charge >= 0.3 is 0 Å². The Kier molecular flexibility index (Phi) is 3.55. The average molecular weight is 317 g/mol. The van der Waals surface area contributed by atoms with Crippen molar-refractivity contribution in [1.29, 1.82) is 0 Å². The number of hydrogen-bond donors (Lipinski definition) is 1. The van der Waals surface area contributed by atoms with Gasteiger partial charge in [-0.2, -0.15) is 0 Å². The van der Waals surface area contributed by atoms with E-state index in [4.69, 9.17) is 0 Å². The second-order valence-corrected chi connectivity index (χ2v) is 7.18. The maximum atomic E-state index is 3.58. The molecule has 0 atom stereocenters. The number of aryl methyl sites for hydroxylation is 2. The van der Waals surface area contributed by atoms with Crippen LogP contribution in [0.25, 0.3) is 20.2 Å². The van der Waals surface area contributed by atoms with Crippen molar-refractivity contribution in [2.24, 2.45) is 0 Å². The van der Waals surface area contributed by atoms with E-state index in [0.29, 0.717) is 0 Å². The predicted octanol–water partition coefficient (Wildman–Crippen LogP) is 6.28. The molecule has 0 saturated carbocycles. The van der Waals surface area contributed by atoms with E-state index in [1.165, 1.54) is 42.6 Å². The smallest absolute Gasteiger partial charge is 0.0403 e. The molecule has 0 fully saturated rings. The summed E-state index contributed by atoms with van der Waals surface area (Å²) in [6, 6.07) is 22.0. The lowest BCUT2D eigenvalue weighted by atomic mass is 10.1. The van der Waals surface area contributed by atoms with Gasteiger partial charge in [-0.3, -0.25) is 0 Å². The molecular weight excluding hydrogens is 298 g/mol. The second kappa shape index (κ2) is 5.71.